The number of nitrogens with one attached hydrogen (secondary N) is 2. The van der Waals surface area contributed by atoms with Crippen molar-refractivity contribution >= 4 is 23.3 Å². The number of carbonyl (C=O) groups is 2. The van der Waals surface area contributed by atoms with E-state index >= 15 is 0 Å². The van der Waals surface area contributed by atoms with Gasteiger partial charge in [0.2, 0.25) is 5.91 Å². The van der Waals surface area contributed by atoms with Crippen molar-refractivity contribution in [3.05, 3.63) is 21.9 Å². The molecule has 2 amide bonds. The normalized spacial score (nSPS) is 11.0. The van der Waals surface area contributed by atoms with E-state index in [0.717, 1.165) is 4.88 Å². The Labute approximate surface area is 123 Å². The summed E-state index contributed by atoms with van der Waals surface area (Å²) in [6, 6.07) is 2.02. The zero-order valence-electron chi connectivity index (χ0n) is 12.4. The fraction of sp³-hybridized carbons (Fsp3) is 0.571. The van der Waals surface area contributed by atoms with Gasteiger partial charge in [0.1, 0.15) is 5.60 Å². The number of amides is 2. The summed E-state index contributed by atoms with van der Waals surface area (Å²) in [5.41, 5.74) is 0.658. The molecule has 0 saturated heterocycles. The largest absolute Gasteiger partial charge is 0.444 e. The average molecular weight is 298 g/mol. The first-order chi connectivity index (χ1) is 9.28. The van der Waals surface area contributed by atoms with Gasteiger partial charge in [0.15, 0.2) is 0 Å². The number of rotatable bonds is 5. The standard InChI is InChI=1S/C14H22N2O3S/c1-10-6-8-20-11(10)9-16-12(17)5-7-15-13(18)19-14(2,3)4/h6,8H,5,7,9H2,1-4H3,(H,15,18)(H,16,17). The highest BCUT2D eigenvalue weighted by atomic mass is 32.1. The molecule has 0 saturated carbocycles. The van der Waals surface area contributed by atoms with Crippen LogP contribution in [0.1, 0.15) is 37.6 Å². The number of carbonyl (C=O) groups excluding carboxylic acids is 2. The van der Waals surface area contributed by atoms with Gasteiger partial charge >= 0.3 is 6.09 Å². The number of hydrogen-bond donors (Lipinski definition) is 2. The smallest absolute Gasteiger partial charge is 0.407 e. The predicted molar refractivity (Wildman–Crippen MR) is 79.8 cm³/mol. The van der Waals surface area contributed by atoms with Crippen LogP contribution in [0.4, 0.5) is 4.79 Å². The van der Waals surface area contributed by atoms with Crippen LogP contribution in [-0.4, -0.2) is 24.1 Å². The Morgan fingerprint density at radius 2 is 2.00 bits per heavy atom. The lowest BCUT2D eigenvalue weighted by Gasteiger charge is -2.19. The first kappa shape index (κ1) is 16.5. The fourth-order valence-corrected chi connectivity index (χ4v) is 2.29. The van der Waals surface area contributed by atoms with Crippen LogP contribution in [-0.2, 0) is 16.1 Å². The van der Waals surface area contributed by atoms with Gasteiger partial charge < -0.3 is 15.4 Å². The lowest BCUT2D eigenvalue weighted by molar-refractivity contribution is -0.121. The molecule has 5 nitrogen and oxygen atoms in total. The van der Waals surface area contributed by atoms with E-state index in [4.69, 9.17) is 4.74 Å². The van der Waals surface area contributed by atoms with E-state index in [2.05, 4.69) is 10.6 Å². The van der Waals surface area contributed by atoms with Gasteiger partial charge in [0.25, 0.3) is 0 Å². The highest BCUT2D eigenvalue weighted by Gasteiger charge is 2.15. The molecule has 0 atom stereocenters. The third kappa shape index (κ3) is 6.56. The molecule has 1 aromatic rings. The molecule has 0 aliphatic carbocycles. The van der Waals surface area contributed by atoms with Gasteiger partial charge in [0.05, 0.1) is 6.54 Å². The van der Waals surface area contributed by atoms with Crippen LogP contribution in [0.5, 0.6) is 0 Å². The monoisotopic (exact) mass is 298 g/mol. The molecule has 1 rings (SSSR count). The molecular formula is C14H22N2O3S. The third-order valence-electron chi connectivity index (χ3n) is 2.43. The predicted octanol–water partition coefficient (Wildman–Crippen LogP) is 2.59. The molecule has 0 unspecified atom stereocenters. The maximum Gasteiger partial charge on any atom is 0.407 e. The van der Waals surface area contributed by atoms with Crippen molar-refractivity contribution in [2.24, 2.45) is 0 Å². The Morgan fingerprint density at radius 1 is 1.30 bits per heavy atom. The quantitative estimate of drug-likeness (QED) is 0.878. The highest BCUT2D eigenvalue weighted by Crippen LogP contribution is 2.14. The topological polar surface area (TPSA) is 67.4 Å². The van der Waals surface area contributed by atoms with E-state index in [1.165, 1.54) is 5.56 Å². The van der Waals surface area contributed by atoms with Crippen LogP contribution in [0.2, 0.25) is 0 Å². The molecule has 20 heavy (non-hydrogen) atoms. The Bertz CT molecular complexity index is 463. The lowest BCUT2D eigenvalue weighted by Crippen LogP contribution is -2.35. The molecule has 2 N–H and O–H groups in total. The summed E-state index contributed by atoms with van der Waals surface area (Å²) < 4.78 is 5.07. The van der Waals surface area contributed by atoms with Crippen LogP contribution in [0.25, 0.3) is 0 Å². The molecule has 1 aromatic heterocycles. The number of thiophene rings is 1. The fourth-order valence-electron chi connectivity index (χ4n) is 1.44. The molecule has 0 bridgehead atoms. The summed E-state index contributed by atoms with van der Waals surface area (Å²) in [7, 11) is 0. The Balaban J connectivity index is 2.18. The third-order valence-corrected chi connectivity index (χ3v) is 3.46. The zero-order valence-corrected chi connectivity index (χ0v) is 13.2. The summed E-state index contributed by atoms with van der Waals surface area (Å²) >= 11 is 1.62. The van der Waals surface area contributed by atoms with E-state index in [9.17, 15) is 9.59 Å². The van der Waals surface area contributed by atoms with Gasteiger partial charge in [-0.1, -0.05) is 0 Å². The second kappa shape index (κ2) is 7.28. The molecular weight excluding hydrogens is 276 g/mol. The second-order valence-corrected chi connectivity index (χ2v) is 6.48. The Morgan fingerprint density at radius 3 is 2.55 bits per heavy atom. The van der Waals surface area contributed by atoms with Crippen molar-refractivity contribution in [3.63, 3.8) is 0 Å². The SMILES string of the molecule is Cc1ccsc1CNC(=O)CCNC(=O)OC(C)(C)C. The van der Waals surface area contributed by atoms with E-state index in [1.54, 1.807) is 32.1 Å². The Kier molecular flexibility index (Phi) is 6.01. The minimum atomic E-state index is -0.525. The van der Waals surface area contributed by atoms with Crippen molar-refractivity contribution in [2.45, 2.75) is 46.3 Å². The molecule has 0 radical (unpaired) electrons. The van der Waals surface area contributed by atoms with Crippen molar-refractivity contribution in [1.82, 2.24) is 10.6 Å². The summed E-state index contributed by atoms with van der Waals surface area (Å²) in [6.45, 7) is 8.20. The minimum Gasteiger partial charge on any atom is -0.444 e. The van der Waals surface area contributed by atoms with Crippen molar-refractivity contribution in [1.29, 1.82) is 0 Å². The molecule has 0 spiro atoms. The molecule has 0 fully saturated rings. The number of hydrogen-bond acceptors (Lipinski definition) is 4. The van der Waals surface area contributed by atoms with Crippen LogP contribution < -0.4 is 10.6 Å². The summed E-state index contributed by atoms with van der Waals surface area (Å²) in [6.07, 6.45) is -0.261. The lowest BCUT2D eigenvalue weighted by atomic mass is 10.2. The molecule has 0 aliphatic heterocycles. The molecule has 1 heterocycles. The van der Waals surface area contributed by atoms with Gasteiger partial charge in [-0.25, -0.2) is 4.79 Å². The van der Waals surface area contributed by atoms with Gasteiger partial charge in [-0.05, 0) is 44.7 Å². The maximum atomic E-state index is 11.6. The van der Waals surface area contributed by atoms with E-state index in [1.807, 2.05) is 18.4 Å². The summed E-state index contributed by atoms with van der Waals surface area (Å²) in [5, 5.41) is 7.38. The van der Waals surface area contributed by atoms with Crippen molar-refractivity contribution in [3.8, 4) is 0 Å². The van der Waals surface area contributed by atoms with Gasteiger partial charge in [-0.15, -0.1) is 11.3 Å². The summed E-state index contributed by atoms with van der Waals surface area (Å²) in [4.78, 5) is 24.1. The van der Waals surface area contributed by atoms with Crippen LogP contribution in [0, 0.1) is 6.92 Å². The first-order valence-electron chi connectivity index (χ1n) is 6.54. The van der Waals surface area contributed by atoms with Gasteiger partial charge in [-0.2, -0.15) is 0 Å². The molecule has 112 valence electrons. The summed E-state index contributed by atoms with van der Waals surface area (Å²) in [5.74, 6) is -0.0890. The van der Waals surface area contributed by atoms with E-state index < -0.39 is 11.7 Å². The Hall–Kier alpha value is -1.56. The van der Waals surface area contributed by atoms with Gasteiger partial charge in [-0.3, -0.25) is 4.79 Å². The van der Waals surface area contributed by atoms with Crippen LogP contribution in [0.15, 0.2) is 11.4 Å². The average Bonchev–Trinajstić information content (AvgIpc) is 2.70. The van der Waals surface area contributed by atoms with Crippen molar-refractivity contribution < 1.29 is 14.3 Å². The maximum absolute atomic E-state index is 11.6. The van der Waals surface area contributed by atoms with Gasteiger partial charge in [0, 0.05) is 17.8 Å². The van der Waals surface area contributed by atoms with E-state index in [0.29, 0.717) is 6.54 Å². The molecule has 0 aromatic carbocycles. The highest BCUT2D eigenvalue weighted by molar-refractivity contribution is 7.10. The minimum absolute atomic E-state index is 0.0890. The van der Waals surface area contributed by atoms with Crippen LogP contribution >= 0.6 is 11.3 Å². The van der Waals surface area contributed by atoms with E-state index in [-0.39, 0.29) is 18.9 Å². The van der Waals surface area contributed by atoms with Crippen LogP contribution in [0.3, 0.4) is 0 Å². The first-order valence-corrected chi connectivity index (χ1v) is 7.42. The van der Waals surface area contributed by atoms with Crippen molar-refractivity contribution in [2.75, 3.05) is 6.54 Å². The molecule has 6 heteroatoms. The number of ether oxygens (including phenoxy) is 1. The molecule has 0 aliphatic rings. The second-order valence-electron chi connectivity index (χ2n) is 5.48. The zero-order chi connectivity index (χ0) is 15.2. The number of aryl methyl sites for hydroxylation is 1. The number of alkyl carbamates (subject to hydrolysis) is 1.